The molecule has 24 heavy (non-hydrogen) atoms. The van der Waals surface area contributed by atoms with Crippen LogP contribution in [0.2, 0.25) is 0 Å². The first kappa shape index (κ1) is 20.6. The number of ether oxygens (including phenoxy) is 2. The molecule has 136 valence electrons. The van der Waals surface area contributed by atoms with Crippen LogP contribution in [0.3, 0.4) is 0 Å². The smallest absolute Gasteiger partial charge is 0.227 e. The van der Waals surface area contributed by atoms with Crippen LogP contribution in [0.15, 0.2) is 18.2 Å². The lowest BCUT2D eigenvalue weighted by Gasteiger charge is -2.35. The van der Waals surface area contributed by atoms with Gasteiger partial charge in [0.15, 0.2) is 0 Å². The third-order valence-electron chi connectivity index (χ3n) is 4.39. The second-order valence-electron chi connectivity index (χ2n) is 5.89. The van der Waals surface area contributed by atoms with E-state index in [1.54, 1.807) is 14.2 Å². The number of benzene rings is 1. The molecule has 1 aliphatic rings. The molecular weight excluding hydrogens is 328 g/mol. The molecule has 0 spiro atoms. The van der Waals surface area contributed by atoms with Crippen molar-refractivity contribution in [3.05, 3.63) is 23.8 Å². The van der Waals surface area contributed by atoms with Gasteiger partial charge in [0.05, 0.1) is 20.6 Å². The molecule has 1 aromatic carbocycles. The summed E-state index contributed by atoms with van der Waals surface area (Å²) >= 11 is 0. The number of hydrogen-bond donors (Lipinski definition) is 1. The molecule has 0 aliphatic carbocycles. The third kappa shape index (κ3) is 5.02. The number of methoxy groups -OCH3 is 2. The summed E-state index contributed by atoms with van der Waals surface area (Å²) in [6.07, 6.45) is 3.33. The van der Waals surface area contributed by atoms with Gasteiger partial charge in [-0.1, -0.05) is 13.0 Å². The van der Waals surface area contributed by atoms with Crippen LogP contribution < -0.4 is 14.8 Å². The van der Waals surface area contributed by atoms with Gasteiger partial charge in [-0.15, -0.1) is 12.4 Å². The lowest BCUT2D eigenvalue weighted by molar-refractivity contribution is -0.133. The summed E-state index contributed by atoms with van der Waals surface area (Å²) in [7, 11) is 3.25. The first-order valence-corrected chi connectivity index (χ1v) is 8.41. The summed E-state index contributed by atoms with van der Waals surface area (Å²) in [5.41, 5.74) is 0.831. The Morgan fingerprint density at radius 2 is 1.79 bits per heavy atom. The number of carbonyl (C=O) groups excluding carboxylic acids is 1. The Hall–Kier alpha value is -1.46. The van der Waals surface area contributed by atoms with Gasteiger partial charge in [0, 0.05) is 18.2 Å². The van der Waals surface area contributed by atoms with Crippen molar-refractivity contribution < 1.29 is 14.3 Å². The van der Waals surface area contributed by atoms with Gasteiger partial charge in [-0.25, -0.2) is 0 Å². The zero-order valence-corrected chi connectivity index (χ0v) is 15.7. The molecule has 0 unspecified atom stereocenters. The summed E-state index contributed by atoms with van der Waals surface area (Å²) in [6.45, 7) is 4.89. The van der Waals surface area contributed by atoms with Crippen molar-refractivity contribution in [3.63, 3.8) is 0 Å². The molecule has 2 rings (SSSR count). The molecular formula is C18H29ClN2O3. The number of hydrogen-bond acceptors (Lipinski definition) is 4. The highest BCUT2D eigenvalue weighted by molar-refractivity contribution is 5.85. The fourth-order valence-corrected chi connectivity index (χ4v) is 3.23. The minimum absolute atomic E-state index is 0. The minimum atomic E-state index is 0. The standard InChI is InChI=1S/C18H28N2O3.ClH/c1-4-12-20(14-8-10-19-11-9-14)18(21)13-15-16(22-2)6-5-7-17(15)23-3;/h5-7,14,19H,4,8-13H2,1-3H3;1H. The van der Waals surface area contributed by atoms with Crippen molar-refractivity contribution in [2.24, 2.45) is 0 Å². The number of rotatable bonds is 7. The summed E-state index contributed by atoms with van der Waals surface area (Å²) in [4.78, 5) is 15.0. The monoisotopic (exact) mass is 356 g/mol. The highest BCUT2D eigenvalue weighted by Gasteiger charge is 2.26. The second-order valence-corrected chi connectivity index (χ2v) is 5.89. The van der Waals surface area contributed by atoms with E-state index in [9.17, 15) is 4.79 Å². The van der Waals surface area contributed by atoms with Crippen LogP contribution >= 0.6 is 12.4 Å². The molecule has 1 saturated heterocycles. The van der Waals surface area contributed by atoms with Gasteiger partial charge >= 0.3 is 0 Å². The van der Waals surface area contributed by atoms with E-state index in [1.165, 1.54) is 0 Å². The van der Waals surface area contributed by atoms with Gasteiger partial charge in [0.2, 0.25) is 5.91 Å². The molecule has 0 bridgehead atoms. The Morgan fingerprint density at radius 3 is 2.29 bits per heavy atom. The van der Waals surface area contributed by atoms with Crippen LogP contribution in [0.5, 0.6) is 11.5 Å². The summed E-state index contributed by atoms with van der Waals surface area (Å²) in [6, 6.07) is 5.96. The number of carbonyl (C=O) groups is 1. The van der Waals surface area contributed by atoms with Gasteiger partial charge in [-0.05, 0) is 44.5 Å². The predicted molar refractivity (Wildman–Crippen MR) is 98.4 cm³/mol. The fourth-order valence-electron chi connectivity index (χ4n) is 3.23. The molecule has 1 aliphatic heterocycles. The molecule has 1 fully saturated rings. The topological polar surface area (TPSA) is 50.8 Å². The minimum Gasteiger partial charge on any atom is -0.496 e. The molecule has 0 aromatic heterocycles. The Kier molecular flexibility index (Phi) is 8.93. The molecule has 0 atom stereocenters. The Bertz CT molecular complexity index is 497. The summed E-state index contributed by atoms with van der Waals surface area (Å²) < 4.78 is 10.8. The lowest BCUT2D eigenvalue weighted by Crippen LogP contribution is -2.47. The summed E-state index contributed by atoms with van der Waals surface area (Å²) in [5, 5.41) is 3.36. The average molecular weight is 357 g/mol. The maximum Gasteiger partial charge on any atom is 0.227 e. The molecule has 0 radical (unpaired) electrons. The Labute approximate surface area is 151 Å². The number of amides is 1. The molecule has 1 heterocycles. The molecule has 6 heteroatoms. The number of halogens is 1. The molecule has 1 N–H and O–H groups in total. The van der Waals surface area contributed by atoms with Crippen LogP contribution in [0.4, 0.5) is 0 Å². The van der Waals surface area contributed by atoms with Crippen molar-refractivity contribution in [3.8, 4) is 11.5 Å². The number of nitrogens with one attached hydrogen (secondary N) is 1. The quantitative estimate of drug-likeness (QED) is 0.816. The lowest BCUT2D eigenvalue weighted by atomic mass is 10.0. The van der Waals surface area contributed by atoms with E-state index in [0.29, 0.717) is 24.0 Å². The average Bonchev–Trinajstić information content (AvgIpc) is 2.60. The SMILES string of the molecule is CCCN(C(=O)Cc1c(OC)cccc1OC)C1CCNCC1.Cl. The Balaban J connectivity index is 0.00000288. The van der Waals surface area contributed by atoms with Crippen LogP contribution in [0, 0.1) is 0 Å². The van der Waals surface area contributed by atoms with E-state index in [-0.39, 0.29) is 18.3 Å². The van der Waals surface area contributed by atoms with Crippen molar-refractivity contribution in [2.45, 2.75) is 38.6 Å². The first-order chi connectivity index (χ1) is 11.2. The number of nitrogens with zero attached hydrogens (tertiary/aromatic N) is 1. The van der Waals surface area contributed by atoms with Gasteiger partial charge in [-0.2, -0.15) is 0 Å². The zero-order valence-electron chi connectivity index (χ0n) is 14.8. The third-order valence-corrected chi connectivity index (χ3v) is 4.39. The first-order valence-electron chi connectivity index (χ1n) is 8.41. The van der Waals surface area contributed by atoms with Crippen molar-refractivity contribution in [1.82, 2.24) is 10.2 Å². The maximum absolute atomic E-state index is 12.9. The molecule has 5 nitrogen and oxygen atoms in total. The maximum atomic E-state index is 12.9. The zero-order chi connectivity index (χ0) is 16.7. The van der Waals surface area contributed by atoms with Crippen molar-refractivity contribution in [2.75, 3.05) is 33.9 Å². The van der Waals surface area contributed by atoms with Crippen LogP contribution in [-0.4, -0.2) is 50.7 Å². The van der Waals surface area contributed by atoms with E-state index >= 15 is 0 Å². The molecule has 1 amide bonds. The molecule has 1 aromatic rings. The van der Waals surface area contributed by atoms with Crippen LogP contribution in [0.1, 0.15) is 31.7 Å². The van der Waals surface area contributed by atoms with E-state index in [0.717, 1.165) is 44.5 Å². The fraction of sp³-hybridized carbons (Fsp3) is 0.611. The highest BCUT2D eigenvalue weighted by atomic mass is 35.5. The van der Waals surface area contributed by atoms with Crippen molar-refractivity contribution >= 4 is 18.3 Å². The van der Waals surface area contributed by atoms with E-state index in [2.05, 4.69) is 12.2 Å². The van der Waals surface area contributed by atoms with E-state index < -0.39 is 0 Å². The largest absolute Gasteiger partial charge is 0.496 e. The van der Waals surface area contributed by atoms with Crippen LogP contribution in [0.25, 0.3) is 0 Å². The Morgan fingerprint density at radius 1 is 1.21 bits per heavy atom. The van der Waals surface area contributed by atoms with Crippen molar-refractivity contribution in [1.29, 1.82) is 0 Å². The van der Waals surface area contributed by atoms with Gasteiger partial charge < -0.3 is 19.7 Å². The van der Waals surface area contributed by atoms with Gasteiger partial charge in [0.1, 0.15) is 11.5 Å². The normalized spacial score (nSPS) is 14.6. The van der Waals surface area contributed by atoms with Crippen LogP contribution in [-0.2, 0) is 11.2 Å². The second kappa shape index (κ2) is 10.4. The highest BCUT2D eigenvalue weighted by Crippen LogP contribution is 2.29. The predicted octanol–water partition coefficient (Wildman–Crippen LogP) is 2.66. The van der Waals surface area contributed by atoms with Gasteiger partial charge in [0.25, 0.3) is 0 Å². The van der Waals surface area contributed by atoms with E-state index in [4.69, 9.17) is 9.47 Å². The van der Waals surface area contributed by atoms with Gasteiger partial charge in [-0.3, -0.25) is 4.79 Å². The van der Waals surface area contributed by atoms with E-state index in [1.807, 2.05) is 23.1 Å². The summed E-state index contributed by atoms with van der Waals surface area (Å²) in [5.74, 6) is 1.57. The number of piperidine rings is 1. The molecule has 0 saturated carbocycles.